The molecule has 9 heteroatoms. The van der Waals surface area contributed by atoms with Gasteiger partial charge in [-0.15, -0.1) is 0 Å². The van der Waals surface area contributed by atoms with E-state index in [0.29, 0.717) is 22.6 Å². The van der Waals surface area contributed by atoms with Crippen molar-refractivity contribution in [2.24, 2.45) is 5.92 Å². The number of ether oxygens (including phenoxy) is 1. The van der Waals surface area contributed by atoms with Crippen LogP contribution in [0.5, 0.6) is 5.75 Å². The van der Waals surface area contributed by atoms with Gasteiger partial charge in [0.05, 0.1) is 35.4 Å². The lowest BCUT2D eigenvalue weighted by atomic mass is 10.1. The normalized spacial score (nSPS) is 14.1. The van der Waals surface area contributed by atoms with Gasteiger partial charge in [-0.2, -0.15) is 4.37 Å². The molecule has 1 atom stereocenters. The van der Waals surface area contributed by atoms with Crippen molar-refractivity contribution in [2.75, 3.05) is 13.2 Å². The Balaban J connectivity index is 1.41. The average molecular weight is 485 g/mol. The maximum atomic E-state index is 14.6. The van der Waals surface area contributed by atoms with E-state index in [1.54, 1.807) is 30.3 Å². The van der Waals surface area contributed by atoms with Crippen LogP contribution in [0.3, 0.4) is 0 Å². The van der Waals surface area contributed by atoms with Gasteiger partial charge in [-0.05, 0) is 73.8 Å². The molecule has 1 fully saturated rings. The lowest BCUT2D eigenvalue weighted by Crippen LogP contribution is -2.40. The Labute approximate surface area is 200 Å². The minimum Gasteiger partial charge on any atom is -0.485 e. The van der Waals surface area contributed by atoms with E-state index in [0.717, 1.165) is 17.7 Å². The van der Waals surface area contributed by atoms with Gasteiger partial charge >= 0.3 is 0 Å². The van der Waals surface area contributed by atoms with Crippen molar-refractivity contribution in [3.8, 4) is 17.0 Å². The standard InChI is InChI=1S/C25H25FN2O5S/c1-14(33-19-7-4-16(5-8-19)24(31)15-2-3-15)23-11-22(28-34-23)17-6-9-20(21(26)10-17)25(32)27-18(12-29)13-30/h4-11,14-15,18,29-30H,2-3,12-13H2,1H3,(H,27,32). The number of carbonyl (C=O) groups is 2. The third kappa shape index (κ3) is 5.49. The van der Waals surface area contributed by atoms with Crippen molar-refractivity contribution in [3.05, 3.63) is 70.4 Å². The summed E-state index contributed by atoms with van der Waals surface area (Å²) in [6, 6.07) is 12.2. The minimum atomic E-state index is -0.857. The highest BCUT2D eigenvalue weighted by Crippen LogP contribution is 2.34. The number of amides is 1. The first kappa shape index (κ1) is 24.0. The molecule has 1 aliphatic carbocycles. The van der Waals surface area contributed by atoms with E-state index in [4.69, 9.17) is 14.9 Å². The monoisotopic (exact) mass is 484 g/mol. The van der Waals surface area contributed by atoms with Gasteiger partial charge in [0.15, 0.2) is 5.78 Å². The first-order valence-corrected chi connectivity index (χ1v) is 11.8. The number of Topliss-reactive ketones (excluding diaryl/α,β-unsaturated/α-hetero) is 1. The molecule has 1 aliphatic rings. The van der Waals surface area contributed by atoms with E-state index in [2.05, 4.69) is 9.69 Å². The number of aliphatic hydroxyl groups excluding tert-OH is 2. The zero-order valence-corrected chi connectivity index (χ0v) is 19.3. The summed E-state index contributed by atoms with van der Waals surface area (Å²) < 4.78 is 25.0. The quantitative estimate of drug-likeness (QED) is 0.378. The van der Waals surface area contributed by atoms with Gasteiger partial charge in [-0.25, -0.2) is 4.39 Å². The number of ketones is 1. The fourth-order valence-corrected chi connectivity index (χ4v) is 4.15. The van der Waals surface area contributed by atoms with Crippen molar-refractivity contribution in [2.45, 2.75) is 31.9 Å². The van der Waals surface area contributed by atoms with Crippen molar-refractivity contribution in [3.63, 3.8) is 0 Å². The number of benzene rings is 2. The molecule has 1 heterocycles. The van der Waals surface area contributed by atoms with Gasteiger partial charge in [-0.3, -0.25) is 9.59 Å². The molecule has 0 spiro atoms. The predicted octanol–water partition coefficient (Wildman–Crippen LogP) is 3.76. The molecule has 4 rings (SSSR count). The third-order valence-corrected chi connectivity index (χ3v) is 6.56. The number of nitrogens with zero attached hydrogens (tertiary/aromatic N) is 1. The van der Waals surface area contributed by atoms with E-state index in [1.807, 2.05) is 13.0 Å². The molecule has 2 aromatic carbocycles. The smallest absolute Gasteiger partial charge is 0.254 e. The molecule has 0 radical (unpaired) electrons. The van der Waals surface area contributed by atoms with Crippen LogP contribution in [0, 0.1) is 11.7 Å². The molecule has 1 unspecified atom stereocenters. The van der Waals surface area contributed by atoms with Crippen LogP contribution in [-0.2, 0) is 0 Å². The molecule has 3 aromatic rings. The van der Waals surface area contributed by atoms with E-state index < -0.39 is 31.0 Å². The molecule has 0 aliphatic heterocycles. The molecule has 34 heavy (non-hydrogen) atoms. The van der Waals surface area contributed by atoms with E-state index in [9.17, 15) is 14.0 Å². The molecule has 1 saturated carbocycles. The SMILES string of the molecule is CC(Oc1ccc(C(=O)C2CC2)cc1)c1cc(-c2ccc(C(=O)NC(CO)CO)c(F)c2)ns1. The largest absolute Gasteiger partial charge is 0.485 e. The lowest BCUT2D eigenvalue weighted by molar-refractivity contribution is 0.0875. The minimum absolute atomic E-state index is 0.174. The highest BCUT2D eigenvalue weighted by atomic mass is 32.1. The summed E-state index contributed by atoms with van der Waals surface area (Å²) in [4.78, 5) is 25.2. The Morgan fingerprint density at radius 1 is 1.15 bits per heavy atom. The summed E-state index contributed by atoms with van der Waals surface area (Å²) in [6.07, 6.45) is 1.63. The highest BCUT2D eigenvalue weighted by Gasteiger charge is 2.30. The van der Waals surface area contributed by atoms with Gasteiger partial charge in [0, 0.05) is 17.0 Å². The molecular weight excluding hydrogens is 459 g/mol. The Hall–Kier alpha value is -3.14. The van der Waals surface area contributed by atoms with Gasteiger partial charge in [0.2, 0.25) is 0 Å². The number of carbonyl (C=O) groups excluding carboxylic acids is 2. The zero-order valence-electron chi connectivity index (χ0n) is 18.5. The van der Waals surface area contributed by atoms with Crippen molar-refractivity contribution >= 4 is 23.2 Å². The number of halogens is 1. The first-order valence-electron chi connectivity index (χ1n) is 11.0. The van der Waals surface area contributed by atoms with E-state index >= 15 is 0 Å². The Morgan fingerprint density at radius 2 is 1.85 bits per heavy atom. The van der Waals surface area contributed by atoms with Crippen LogP contribution < -0.4 is 10.1 Å². The zero-order chi connectivity index (χ0) is 24.2. The van der Waals surface area contributed by atoms with Crippen LogP contribution in [0.15, 0.2) is 48.5 Å². The molecule has 1 amide bonds. The van der Waals surface area contributed by atoms with Gasteiger partial charge in [0.25, 0.3) is 5.91 Å². The number of hydrogen-bond acceptors (Lipinski definition) is 7. The molecule has 7 nitrogen and oxygen atoms in total. The summed E-state index contributed by atoms with van der Waals surface area (Å²) in [5, 5.41) is 20.5. The van der Waals surface area contributed by atoms with Crippen LogP contribution in [0.25, 0.3) is 11.3 Å². The predicted molar refractivity (Wildman–Crippen MR) is 125 cm³/mol. The first-order chi connectivity index (χ1) is 16.4. The van der Waals surface area contributed by atoms with Crippen LogP contribution in [0.4, 0.5) is 4.39 Å². The fraction of sp³-hybridized carbons (Fsp3) is 0.320. The number of hydrogen-bond donors (Lipinski definition) is 3. The second-order valence-corrected chi connectivity index (χ2v) is 9.10. The van der Waals surface area contributed by atoms with Crippen LogP contribution >= 0.6 is 11.5 Å². The molecule has 3 N–H and O–H groups in total. The molecular formula is C25H25FN2O5S. The van der Waals surface area contributed by atoms with Crippen molar-refractivity contribution in [1.29, 1.82) is 0 Å². The van der Waals surface area contributed by atoms with Crippen LogP contribution in [-0.4, -0.2) is 45.5 Å². The van der Waals surface area contributed by atoms with Crippen molar-refractivity contribution < 1.29 is 28.9 Å². The maximum Gasteiger partial charge on any atom is 0.254 e. The van der Waals surface area contributed by atoms with Gasteiger partial charge < -0.3 is 20.3 Å². The summed E-state index contributed by atoms with van der Waals surface area (Å²) in [5.74, 6) is -0.454. The molecule has 1 aromatic heterocycles. The molecule has 0 bridgehead atoms. The van der Waals surface area contributed by atoms with Crippen LogP contribution in [0.1, 0.15) is 51.5 Å². The van der Waals surface area contributed by atoms with Gasteiger partial charge in [-0.1, -0.05) is 6.07 Å². The topological polar surface area (TPSA) is 109 Å². The Kier molecular flexibility index (Phi) is 7.35. The van der Waals surface area contributed by atoms with Crippen molar-refractivity contribution in [1.82, 2.24) is 9.69 Å². The number of aromatic nitrogens is 1. The summed E-state index contributed by atoms with van der Waals surface area (Å²) in [5.41, 5.74) is 1.57. The second kappa shape index (κ2) is 10.4. The maximum absolute atomic E-state index is 14.6. The Morgan fingerprint density at radius 3 is 2.47 bits per heavy atom. The second-order valence-electron chi connectivity index (χ2n) is 8.27. The van der Waals surface area contributed by atoms with E-state index in [1.165, 1.54) is 23.7 Å². The Bertz CT molecular complexity index is 1170. The summed E-state index contributed by atoms with van der Waals surface area (Å²) >= 11 is 1.24. The van der Waals surface area contributed by atoms with Gasteiger partial charge in [0.1, 0.15) is 17.7 Å². The molecule has 178 valence electrons. The summed E-state index contributed by atoms with van der Waals surface area (Å²) in [6.45, 7) is 0.979. The lowest BCUT2D eigenvalue weighted by Gasteiger charge is -2.14. The average Bonchev–Trinajstić information content (AvgIpc) is 3.58. The molecule has 0 saturated heterocycles. The van der Waals surface area contributed by atoms with E-state index in [-0.39, 0.29) is 23.4 Å². The fourth-order valence-electron chi connectivity index (χ4n) is 3.43. The number of aliphatic hydroxyl groups is 2. The van der Waals surface area contributed by atoms with Crippen LogP contribution in [0.2, 0.25) is 0 Å². The number of rotatable bonds is 10. The highest BCUT2D eigenvalue weighted by molar-refractivity contribution is 7.06. The summed E-state index contributed by atoms with van der Waals surface area (Å²) in [7, 11) is 0. The third-order valence-electron chi connectivity index (χ3n) is 5.61. The number of nitrogens with one attached hydrogen (secondary N) is 1.